The van der Waals surface area contributed by atoms with Crippen LogP contribution in [0.5, 0.6) is 0 Å². The quantitative estimate of drug-likeness (QED) is 0.810. The maximum atomic E-state index is 13.9. The van der Waals surface area contributed by atoms with E-state index in [1.807, 2.05) is 0 Å². The number of carbonyl (C=O) groups is 1. The second-order valence-electron chi connectivity index (χ2n) is 5.18. The van der Waals surface area contributed by atoms with Crippen LogP contribution in [0.25, 0.3) is 0 Å². The Bertz CT molecular complexity index is 663. The number of nitrogens with one attached hydrogen (secondary N) is 1. The topological polar surface area (TPSA) is 75.7 Å². The van der Waals surface area contributed by atoms with Crippen molar-refractivity contribution in [2.45, 2.75) is 11.3 Å². The van der Waals surface area contributed by atoms with E-state index < -0.39 is 27.4 Å². The predicted molar refractivity (Wildman–Crippen MR) is 78.5 cm³/mol. The molecule has 122 valence electrons. The number of halogens is 1. The molecule has 0 aliphatic carbocycles. The second-order valence-corrected chi connectivity index (χ2v) is 7.09. The van der Waals surface area contributed by atoms with Crippen LogP contribution in [0.4, 0.5) is 4.39 Å². The number of hydrogen-bond acceptors (Lipinski definition) is 5. The number of benzene rings is 1. The van der Waals surface area contributed by atoms with Crippen molar-refractivity contribution >= 4 is 16.0 Å². The first-order chi connectivity index (χ1) is 10.4. The molecule has 0 radical (unpaired) electrons. The third kappa shape index (κ3) is 3.13. The van der Waals surface area contributed by atoms with Gasteiger partial charge < -0.3 is 10.1 Å². The number of hydrogen-bond donors (Lipinski definition) is 1. The Labute approximate surface area is 129 Å². The van der Waals surface area contributed by atoms with Crippen molar-refractivity contribution < 1.29 is 22.3 Å². The zero-order chi connectivity index (χ0) is 16.3. The monoisotopic (exact) mass is 330 g/mol. The summed E-state index contributed by atoms with van der Waals surface area (Å²) in [5.74, 6) is -1.70. The summed E-state index contributed by atoms with van der Waals surface area (Å²) in [6, 6.07) is 3.55. The minimum Gasteiger partial charge on any atom is -0.465 e. The van der Waals surface area contributed by atoms with E-state index in [-0.39, 0.29) is 10.8 Å². The van der Waals surface area contributed by atoms with E-state index in [0.29, 0.717) is 19.6 Å². The summed E-state index contributed by atoms with van der Waals surface area (Å²) in [4.78, 5) is 11.4. The van der Waals surface area contributed by atoms with Gasteiger partial charge in [-0.25, -0.2) is 17.6 Å². The van der Waals surface area contributed by atoms with Gasteiger partial charge in [-0.15, -0.1) is 0 Å². The van der Waals surface area contributed by atoms with Crippen LogP contribution in [-0.4, -0.2) is 52.5 Å². The Kier molecular flexibility index (Phi) is 5.15. The van der Waals surface area contributed by atoms with Gasteiger partial charge in [-0.2, -0.15) is 4.31 Å². The van der Waals surface area contributed by atoms with Gasteiger partial charge >= 0.3 is 5.97 Å². The predicted octanol–water partition coefficient (Wildman–Crippen LogP) is 0.842. The van der Waals surface area contributed by atoms with Crippen molar-refractivity contribution in [2.24, 2.45) is 5.92 Å². The van der Waals surface area contributed by atoms with Crippen LogP contribution in [0.1, 0.15) is 16.8 Å². The van der Waals surface area contributed by atoms with Crippen molar-refractivity contribution in [2.75, 3.05) is 33.8 Å². The van der Waals surface area contributed by atoms with Crippen LogP contribution in [0.3, 0.4) is 0 Å². The first-order valence-electron chi connectivity index (χ1n) is 6.93. The zero-order valence-electron chi connectivity index (χ0n) is 12.5. The molecular weight excluding hydrogens is 311 g/mol. The summed E-state index contributed by atoms with van der Waals surface area (Å²) >= 11 is 0. The van der Waals surface area contributed by atoms with Crippen LogP contribution in [0.15, 0.2) is 23.1 Å². The SMILES string of the molecule is CNCC1CCN(S(=O)(=O)c2cccc(F)c2C(=O)OC)C1. The van der Waals surface area contributed by atoms with Gasteiger partial charge in [0.15, 0.2) is 0 Å². The van der Waals surface area contributed by atoms with E-state index in [1.54, 1.807) is 7.05 Å². The van der Waals surface area contributed by atoms with Crippen LogP contribution in [-0.2, 0) is 14.8 Å². The third-order valence-corrected chi connectivity index (χ3v) is 5.63. The molecule has 1 unspecified atom stereocenters. The van der Waals surface area contributed by atoms with Crippen molar-refractivity contribution in [3.63, 3.8) is 0 Å². The number of sulfonamides is 1. The molecule has 1 aliphatic heterocycles. The average molecular weight is 330 g/mol. The molecule has 0 bridgehead atoms. The van der Waals surface area contributed by atoms with Gasteiger partial charge in [0.2, 0.25) is 10.0 Å². The van der Waals surface area contributed by atoms with E-state index in [2.05, 4.69) is 10.1 Å². The number of esters is 1. The van der Waals surface area contributed by atoms with Gasteiger partial charge in [0.1, 0.15) is 11.4 Å². The molecule has 1 saturated heterocycles. The van der Waals surface area contributed by atoms with Crippen LogP contribution in [0.2, 0.25) is 0 Å². The molecule has 1 aromatic rings. The number of rotatable bonds is 5. The molecule has 8 heteroatoms. The fourth-order valence-electron chi connectivity index (χ4n) is 2.63. The van der Waals surface area contributed by atoms with Crippen LogP contribution >= 0.6 is 0 Å². The summed E-state index contributed by atoms with van der Waals surface area (Å²) in [5, 5.41) is 3.01. The molecule has 1 N–H and O–H groups in total. The van der Waals surface area contributed by atoms with E-state index in [0.717, 1.165) is 19.6 Å². The fourth-order valence-corrected chi connectivity index (χ4v) is 4.35. The molecule has 1 atom stereocenters. The minimum atomic E-state index is -3.93. The van der Waals surface area contributed by atoms with E-state index in [9.17, 15) is 17.6 Å². The van der Waals surface area contributed by atoms with E-state index >= 15 is 0 Å². The molecular formula is C14H19FN2O4S. The highest BCUT2D eigenvalue weighted by molar-refractivity contribution is 7.89. The van der Waals surface area contributed by atoms with E-state index in [1.165, 1.54) is 16.4 Å². The number of methoxy groups -OCH3 is 1. The highest BCUT2D eigenvalue weighted by Crippen LogP contribution is 2.27. The molecule has 1 heterocycles. The van der Waals surface area contributed by atoms with E-state index in [4.69, 9.17) is 0 Å². The smallest absolute Gasteiger partial charge is 0.342 e. The van der Waals surface area contributed by atoms with Gasteiger partial charge in [-0.1, -0.05) is 6.07 Å². The Morgan fingerprint density at radius 2 is 2.23 bits per heavy atom. The molecule has 6 nitrogen and oxygen atoms in total. The standard InChI is InChI=1S/C14H19FN2O4S/c1-16-8-10-6-7-17(9-10)22(19,20)12-5-3-4-11(15)13(12)14(18)21-2/h3-5,10,16H,6-9H2,1-2H3. The van der Waals surface area contributed by atoms with Crippen LogP contribution < -0.4 is 5.32 Å². The molecule has 0 saturated carbocycles. The lowest BCUT2D eigenvalue weighted by Crippen LogP contribution is -2.31. The highest BCUT2D eigenvalue weighted by atomic mass is 32.2. The maximum absolute atomic E-state index is 13.9. The van der Waals surface area contributed by atoms with Gasteiger partial charge in [-0.3, -0.25) is 0 Å². The highest BCUT2D eigenvalue weighted by Gasteiger charge is 2.35. The molecule has 0 aromatic heterocycles. The molecule has 1 aliphatic rings. The lowest BCUT2D eigenvalue weighted by molar-refractivity contribution is 0.0590. The lowest BCUT2D eigenvalue weighted by Gasteiger charge is -2.18. The maximum Gasteiger partial charge on any atom is 0.342 e. The molecule has 0 spiro atoms. The third-order valence-electron chi connectivity index (χ3n) is 3.72. The summed E-state index contributed by atoms with van der Waals surface area (Å²) in [5.41, 5.74) is -0.540. The normalized spacial score (nSPS) is 19.3. The Morgan fingerprint density at radius 3 is 2.86 bits per heavy atom. The van der Waals surface area contributed by atoms with Gasteiger partial charge in [-0.05, 0) is 38.1 Å². The number of nitrogens with zero attached hydrogens (tertiary/aromatic N) is 1. The van der Waals surface area contributed by atoms with Crippen molar-refractivity contribution in [3.05, 3.63) is 29.6 Å². The van der Waals surface area contributed by atoms with Crippen molar-refractivity contribution in [3.8, 4) is 0 Å². The summed E-state index contributed by atoms with van der Waals surface area (Å²) in [6.45, 7) is 1.41. The molecule has 2 rings (SSSR count). The average Bonchev–Trinajstić information content (AvgIpc) is 2.96. The summed E-state index contributed by atoms with van der Waals surface area (Å²) in [6.07, 6.45) is 0.725. The van der Waals surface area contributed by atoms with Crippen molar-refractivity contribution in [1.82, 2.24) is 9.62 Å². The fraction of sp³-hybridized carbons (Fsp3) is 0.500. The van der Waals surface area contributed by atoms with Crippen molar-refractivity contribution in [1.29, 1.82) is 0 Å². The lowest BCUT2D eigenvalue weighted by atomic mass is 10.1. The molecule has 1 aromatic carbocycles. The van der Waals surface area contributed by atoms with Gasteiger partial charge in [0.05, 0.1) is 12.0 Å². The second kappa shape index (κ2) is 6.72. The Balaban J connectivity index is 2.39. The van der Waals surface area contributed by atoms with Gasteiger partial charge in [0, 0.05) is 13.1 Å². The van der Waals surface area contributed by atoms with Crippen LogP contribution in [0, 0.1) is 11.7 Å². The molecule has 1 fully saturated rings. The molecule has 0 amide bonds. The number of carbonyl (C=O) groups excluding carboxylic acids is 1. The Hall–Kier alpha value is -1.51. The minimum absolute atomic E-state index is 0.204. The first kappa shape index (κ1) is 16.9. The summed E-state index contributed by atoms with van der Waals surface area (Å²) < 4.78 is 45.1. The summed E-state index contributed by atoms with van der Waals surface area (Å²) in [7, 11) is -1.04. The molecule has 22 heavy (non-hydrogen) atoms. The largest absolute Gasteiger partial charge is 0.465 e. The number of ether oxygens (including phenoxy) is 1. The zero-order valence-corrected chi connectivity index (χ0v) is 13.3. The Morgan fingerprint density at radius 1 is 1.50 bits per heavy atom. The van der Waals surface area contributed by atoms with Gasteiger partial charge in [0.25, 0.3) is 0 Å². The first-order valence-corrected chi connectivity index (χ1v) is 8.37.